The van der Waals surface area contributed by atoms with Gasteiger partial charge in [-0.25, -0.2) is 0 Å². The van der Waals surface area contributed by atoms with Gasteiger partial charge in [0.15, 0.2) is 0 Å². The monoisotopic (exact) mass is 277 g/mol. The second kappa shape index (κ2) is 5.35. The molecule has 1 aliphatic rings. The third-order valence-electron chi connectivity index (χ3n) is 4.16. The Balaban J connectivity index is 2.24. The molecule has 1 unspecified atom stereocenters. The highest BCUT2D eigenvalue weighted by atomic mass is 16.5. The lowest BCUT2D eigenvalue weighted by atomic mass is 9.84. The van der Waals surface area contributed by atoms with Gasteiger partial charge in [-0.05, 0) is 57.4 Å². The van der Waals surface area contributed by atoms with E-state index in [0.29, 0.717) is 6.42 Å². The van der Waals surface area contributed by atoms with Crippen LogP contribution in [0.25, 0.3) is 0 Å². The molecule has 0 radical (unpaired) electrons. The highest BCUT2D eigenvalue weighted by Crippen LogP contribution is 2.38. The molecule has 4 nitrogen and oxygen atoms in total. The maximum atomic E-state index is 11.3. The van der Waals surface area contributed by atoms with Crippen LogP contribution in [0.1, 0.15) is 32.8 Å². The topological polar surface area (TPSA) is 49.8 Å². The van der Waals surface area contributed by atoms with Crippen LogP contribution in [-0.4, -0.2) is 30.8 Å². The van der Waals surface area contributed by atoms with Crippen LogP contribution >= 0.6 is 0 Å². The number of carboxylic acid groups (broad SMARTS) is 1. The molecule has 0 spiro atoms. The average molecular weight is 277 g/mol. The van der Waals surface area contributed by atoms with E-state index in [-0.39, 0.29) is 6.04 Å². The number of anilines is 1. The second-order valence-corrected chi connectivity index (χ2v) is 6.03. The number of aliphatic carboxylic acids is 1. The van der Waals surface area contributed by atoms with E-state index in [1.54, 1.807) is 21.0 Å². The van der Waals surface area contributed by atoms with Crippen LogP contribution in [0.3, 0.4) is 0 Å². The van der Waals surface area contributed by atoms with E-state index in [4.69, 9.17) is 4.74 Å². The quantitative estimate of drug-likeness (QED) is 0.899. The third kappa shape index (κ3) is 2.60. The third-order valence-corrected chi connectivity index (χ3v) is 4.16. The highest BCUT2D eigenvalue weighted by Gasteiger charge is 2.36. The van der Waals surface area contributed by atoms with Gasteiger partial charge in [0.1, 0.15) is 5.75 Å². The van der Waals surface area contributed by atoms with Crippen molar-refractivity contribution in [2.45, 2.75) is 39.7 Å². The number of nitrogens with zero attached hydrogens (tertiary/aromatic N) is 1. The molecule has 0 aliphatic carbocycles. The van der Waals surface area contributed by atoms with Crippen molar-refractivity contribution < 1.29 is 14.6 Å². The van der Waals surface area contributed by atoms with Gasteiger partial charge in [-0.2, -0.15) is 0 Å². The molecule has 20 heavy (non-hydrogen) atoms. The number of ether oxygens (including phenoxy) is 1. The number of carboxylic acids is 1. The Labute approximate surface area is 120 Å². The minimum absolute atomic E-state index is 0.244. The van der Waals surface area contributed by atoms with Crippen LogP contribution in [0.5, 0.6) is 5.75 Å². The van der Waals surface area contributed by atoms with Crippen molar-refractivity contribution in [3.63, 3.8) is 0 Å². The number of rotatable bonds is 5. The predicted octanol–water partition coefficient (Wildman–Crippen LogP) is 2.95. The molecule has 1 aromatic rings. The molecule has 0 fully saturated rings. The molecular weight excluding hydrogens is 254 g/mol. The number of hydrogen-bond acceptors (Lipinski definition) is 3. The van der Waals surface area contributed by atoms with Crippen LogP contribution < -0.4 is 9.64 Å². The SMILES string of the molecule is CCN1c2ccc(OC)cc2CC1CC(C)(C)C(=O)O. The lowest BCUT2D eigenvalue weighted by molar-refractivity contribution is -0.147. The van der Waals surface area contributed by atoms with Gasteiger partial charge >= 0.3 is 5.97 Å². The van der Waals surface area contributed by atoms with E-state index >= 15 is 0 Å². The maximum Gasteiger partial charge on any atom is 0.309 e. The zero-order valence-electron chi connectivity index (χ0n) is 12.6. The molecule has 110 valence electrons. The van der Waals surface area contributed by atoms with E-state index < -0.39 is 11.4 Å². The van der Waals surface area contributed by atoms with Gasteiger partial charge < -0.3 is 14.7 Å². The fourth-order valence-electron chi connectivity index (χ4n) is 2.98. The van der Waals surface area contributed by atoms with Gasteiger partial charge in [-0.3, -0.25) is 4.79 Å². The molecule has 1 heterocycles. The van der Waals surface area contributed by atoms with Crippen molar-refractivity contribution in [1.82, 2.24) is 0 Å². The van der Waals surface area contributed by atoms with Crippen molar-refractivity contribution in [1.29, 1.82) is 0 Å². The summed E-state index contributed by atoms with van der Waals surface area (Å²) in [5, 5.41) is 9.32. The van der Waals surface area contributed by atoms with Gasteiger partial charge in [0.05, 0.1) is 12.5 Å². The van der Waals surface area contributed by atoms with Crippen LogP contribution in [0, 0.1) is 5.41 Å². The van der Waals surface area contributed by atoms with Crippen molar-refractivity contribution in [3.8, 4) is 5.75 Å². The van der Waals surface area contributed by atoms with Gasteiger partial charge in [0.2, 0.25) is 0 Å². The summed E-state index contributed by atoms with van der Waals surface area (Å²) in [5.41, 5.74) is 1.75. The van der Waals surface area contributed by atoms with E-state index in [0.717, 1.165) is 18.7 Å². The Morgan fingerprint density at radius 3 is 2.75 bits per heavy atom. The molecule has 1 aromatic carbocycles. The number of carbonyl (C=O) groups is 1. The summed E-state index contributed by atoms with van der Waals surface area (Å²) in [7, 11) is 1.67. The van der Waals surface area contributed by atoms with Crippen molar-refractivity contribution in [2.75, 3.05) is 18.6 Å². The molecule has 0 aromatic heterocycles. The molecule has 1 atom stereocenters. The molecular formula is C16H23NO3. The van der Waals surface area contributed by atoms with Crippen molar-refractivity contribution in [3.05, 3.63) is 23.8 Å². The van der Waals surface area contributed by atoms with Crippen molar-refractivity contribution in [2.24, 2.45) is 5.41 Å². The summed E-state index contributed by atoms with van der Waals surface area (Å²) in [4.78, 5) is 13.6. The van der Waals surface area contributed by atoms with Crippen LogP contribution in [0.4, 0.5) is 5.69 Å². The summed E-state index contributed by atoms with van der Waals surface area (Å²) in [5.74, 6) is 0.125. The summed E-state index contributed by atoms with van der Waals surface area (Å²) in [6.07, 6.45) is 1.53. The first-order valence-corrected chi connectivity index (χ1v) is 7.06. The molecule has 0 saturated heterocycles. The average Bonchev–Trinajstić information content (AvgIpc) is 2.73. The first-order valence-electron chi connectivity index (χ1n) is 7.06. The Morgan fingerprint density at radius 1 is 1.50 bits per heavy atom. The highest BCUT2D eigenvalue weighted by molar-refractivity contribution is 5.74. The van der Waals surface area contributed by atoms with E-state index in [9.17, 15) is 9.90 Å². The molecule has 2 rings (SSSR count). The zero-order chi connectivity index (χ0) is 14.9. The molecule has 0 amide bonds. The number of benzene rings is 1. The van der Waals surface area contributed by atoms with E-state index in [2.05, 4.69) is 24.0 Å². The first-order chi connectivity index (χ1) is 9.39. The molecule has 4 heteroatoms. The van der Waals surface area contributed by atoms with E-state index in [1.807, 2.05) is 6.07 Å². The standard InChI is InChI=1S/C16H23NO3/c1-5-17-12(10-16(2,3)15(18)19)8-11-9-13(20-4)6-7-14(11)17/h6-7,9,12H,5,8,10H2,1-4H3,(H,18,19). The number of likely N-dealkylation sites (N-methyl/N-ethyl adjacent to an activating group) is 1. The minimum Gasteiger partial charge on any atom is -0.497 e. The number of fused-ring (bicyclic) bond motifs is 1. The Kier molecular flexibility index (Phi) is 3.93. The predicted molar refractivity (Wildman–Crippen MR) is 79.5 cm³/mol. The van der Waals surface area contributed by atoms with Crippen LogP contribution in [0.15, 0.2) is 18.2 Å². The second-order valence-electron chi connectivity index (χ2n) is 6.03. The molecule has 1 aliphatic heterocycles. The normalized spacial score (nSPS) is 18.0. The maximum absolute atomic E-state index is 11.3. The molecule has 1 N–H and O–H groups in total. The Morgan fingerprint density at radius 2 is 2.20 bits per heavy atom. The van der Waals surface area contributed by atoms with Crippen molar-refractivity contribution >= 4 is 11.7 Å². The fourth-order valence-corrected chi connectivity index (χ4v) is 2.98. The summed E-state index contributed by atoms with van der Waals surface area (Å²) in [6.45, 7) is 6.60. The Hall–Kier alpha value is -1.71. The van der Waals surface area contributed by atoms with E-state index in [1.165, 1.54) is 11.3 Å². The van der Waals surface area contributed by atoms with Gasteiger partial charge in [0.25, 0.3) is 0 Å². The molecule has 0 saturated carbocycles. The summed E-state index contributed by atoms with van der Waals surface area (Å²) < 4.78 is 5.27. The lowest BCUT2D eigenvalue weighted by Gasteiger charge is -2.31. The fraction of sp³-hybridized carbons (Fsp3) is 0.562. The first kappa shape index (κ1) is 14.7. The number of methoxy groups -OCH3 is 1. The van der Waals surface area contributed by atoms with Gasteiger partial charge in [-0.1, -0.05) is 0 Å². The van der Waals surface area contributed by atoms with Gasteiger partial charge in [-0.15, -0.1) is 0 Å². The zero-order valence-corrected chi connectivity index (χ0v) is 12.6. The summed E-state index contributed by atoms with van der Waals surface area (Å²) in [6, 6.07) is 6.34. The van der Waals surface area contributed by atoms with Crippen LogP contribution in [0.2, 0.25) is 0 Å². The van der Waals surface area contributed by atoms with Crippen LogP contribution in [-0.2, 0) is 11.2 Å². The lowest BCUT2D eigenvalue weighted by Crippen LogP contribution is -2.38. The van der Waals surface area contributed by atoms with Gasteiger partial charge in [0, 0.05) is 18.3 Å². The minimum atomic E-state index is -0.734. The Bertz CT molecular complexity index is 510. The number of hydrogen-bond donors (Lipinski definition) is 1. The summed E-state index contributed by atoms with van der Waals surface area (Å²) >= 11 is 0. The smallest absolute Gasteiger partial charge is 0.309 e. The molecule has 0 bridgehead atoms. The largest absolute Gasteiger partial charge is 0.497 e.